The van der Waals surface area contributed by atoms with E-state index >= 15 is 0 Å². The van der Waals surface area contributed by atoms with Gasteiger partial charge < -0.3 is 10.5 Å². The van der Waals surface area contributed by atoms with Crippen LogP contribution in [0.4, 0.5) is 26.3 Å². The molecule has 1 atom stereocenters. The van der Waals surface area contributed by atoms with Crippen LogP contribution in [-0.2, 0) is 6.18 Å². The molecule has 2 nitrogen and oxygen atoms in total. The predicted molar refractivity (Wildman–Crippen MR) is 55.5 cm³/mol. The molecule has 8 heteroatoms. The number of hydrogen-bond donors (Lipinski definition) is 1. The average molecular weight is 287 g/mol. The van der Waals surface area contributed by atoms with Crippen LogP contribution in [0.1, 0.15) is 5.56 Å². The fourth-order valence-corrected chi connectivity index (χ4v) is 1.31. The summed E-state index contributed by atoms with van der Waals surface area (Å²) in [7, 11) is 0. The summed E-state index contributed by atoms with van der Waals surface area (Å²) in [5.74, 6) is -2.65. The highest BCUT2D eigenvalue weighted by Gasteiger charge is 2.40. The zero-order valence-electron chi connectivity index (χ0n) is 9.55. The van der Waals surface area contributed by atoms with E-state index in [2.05, 4.69) is 4.74 Å². The largest absolute Gasteiger partial charge is 0.492 e. The normalized spacial score (nSPS) is 14.3. The van der Waals surface area contributed by atoms with E-state index in [1.54, 1.807) is 0 Å². The molecule has 0 aromatic heterocycles. The van der Waals surface area contributed by atoms with Crippen molar-refractivity contribution in [3.05, 3.63) is 29.8 Å². The van der Waals surface area contributed by atoms with Gasteiger partial charge in [-0.05, 0) is 12.1 Å². The molecule has 1 rings (SSSR count). The third-order valence-corrected chi connectivity index (χ3v) is 2.38. The fraction of sp³-hybridized carbons (Fsp3) is 0.455. The molecule has 0 saturated heterocycles. The number of hydrogen-bond acceptors (Lipinski definition) is 2. The van der Waals surface area contributed by atoms with Crippen LogP contribution in [0.5, 0.6) is 5.75 Å². The Morgan fingerprint density at radius 3 is 2.11 bits per heavy atom. The van der Waals surface area contributed by atoms with Gasteiger partial charge in [-0.15, -0.1) is 0 Å². The van der Waals surface area contributed by atoms with Crippen LogP contribution >= 0.6 is 0 Å². The number of halogens is 6. The molecular weight excluding hydrogens is 276 g/mol. The van der Waals surface area contributed by atoms with Crippen molar-refractivity contribution >= 4 is 0 Å². The van der Waals surface area contributed by atoms with Gasteiger partial charge in [-0.2, -0.15) is 26.3 Å². The SMILES string of the molecule is NCC(COc1ccccc1C(F)(F)F)C(F)(F)F. The summed E-state index contributed by atoms with van der Waals surface area (Å²) in [6.45, 7) is -1.70. The van der Waals surface area contributed by atoms with Crippen LogP contribution in [0.2, 0.25) is 0 Å². The summed E-state index contributed by atoms with van der Waals surface area (Å²) >= 11 is 0. The lowest BCUT2D eigenvalue weighted by molar-refractivity contribution is -0.179. The Kier molecular flexibility index (Phi) is 4.67. The smallest absolute Gasteiger partial charge is 0.419 e. The molecule has 0 radical (unpaired) electrons. The monoisotopic (exact) mass is 287 g/mol. The highest BCUT2D eigenvalue weighted by Crippen LogP contribution is 2.36. The van der Waals surface area contributed by atoms with Gasteiger partial charge in [-0.1, -0.05) is 12.1 Å². The number of alkyl halides is 6. The van der Waals surface area contributed by atoms with Crippen LogP contribution in [0.3, 0.4) is 0 Å². The summed E-state index contributed by atoms with van der Waals surface area (Å²) in [4.78, 5) is 0. The average Bonchev–Trinajstić information content (AvgIpc) is 2.27. The van der Waals surface area contributed by atoms with Gasteiger partial charge in [0.25, 0.3) is 0 Å². The standard InChI is InChI=1S/C11H11F6NO/c12-10(13,14)7(5-18)6-19-9-4-2-1-3-8(9)11(15,16)17/h1-4,7H,5-6,18H2. The molecule has 2 N–H and O–H groups in total. The molecule has 1 unspecified atom stereocenters. The van der Waals surface area contributed by atoms with E-state index in [0.717, 1.165) is 18.2 Å². The molecule has 0 fully saturated rings. The summed E-state index contributed by atoms with van der Waals surface area (Å²) in [5.41, 5.74) is 3.81. The molecule has 0 bridgehead atoms. The minimum absolute atomic E-state index is 0.641. The van der Waals surface area contributed by atoms with Gasteiger partial charge in [0.15, 0.2) is 0 Å². The number of nitrogens with two attached hydrogens (primary N) is 1. The molecule has 0 spiro atoms. The van der Waals surface area contributed by atoms with Gasteiger partial charge in [0, 0.05) is 6.54 Å². The first kappa shape index (κ1) is 15.6. The second-order valence-electron chi connectivity index (χ2n) is 3.78. The van der Waals surface area contributed by atoms with E-state index in [9.17, 15) is 26.3 Å². The second-order valence-corrected chi connectivity index (χ2v) is 3.78. The van der Waals surface area contributed by atoms with Crippen molar-refractivity contribution in [2.24, 2.45) is 11.7 Å². The molecule has 0 aliphatic heterocycles. The van der Waals surface area contributed by atoms with Gasteiger partial charge in [-0.3, -0.25) is 0 Å². The molecule has 108 valence electrons. The molecule has 0 amide bonds. The van der Waals surface area contributed by atoms with Gasteiger partial charge in [0.1, 0.15) is 18.3 Å². The highest BCUT2D eigenvalue weighted by molar-refractivity contribution is 5.35. The molecule has 1 aromatic carbocycles. The first-order valence-electron chi connectivity index (χ1n) is 5.22. The van der Waals surface area contributed by atoms with Crippen LogP contribution in [0.15, 0.2) is 24.3 Å². The van der Waals surface area contributed by atoms with Crippen LogP contribution in [0.25, 0.3) is 0 Å². The van der Waals surface area contributed by atoms with Gasteiger partial charge >= 0.3 is 12.4 Å². The van der Waals surface area contributed by atoms with E-state index in [4.69, 9.17) is 5.73 Å². The number of ether oxygens (including phenoxy) is 1. The lowest BCUT2D eigenvalue weighted by Gasteiger charge is -2.20. The van der Waals surface area contributed by atoms with Crippen molar-refractivity contribution in [3.63, 3.8) is 0 Å². The van der Waals surface area contributed by atoms with Gasteiger partial charge in [0.05, 0.1) is 5.56 Å². The van der Waals surface area contributed by atoms with Gasteiger partial charge in [0.2, 0.25) is 0 Å². The Hall–Kier alpha value is -1.44. The van der Waals surface area contributed by atoms with Crippen molar-refractivity contribution in [2.75, 3.05) is 13.2 Å². The summed E-state index contributed by atoms with van der Waals surface area (Å²) < 4.78 is 79.4. The molecule has 0 saturated carbocycles. The minimum atomic E-state index is -4.69. The number of rotatable bonds is 4. The Morgan fingerprint density at radius 2 is 1.63 bits per heavy atom. The van der Waals surface area contributed by atoms with Crippen LogP contribution in [-0.4, -0.2) is 19.3 Å². The summed E-state index contributed by atoms with van der Waals surface area (Å²) in [6.07, 6.45) is -9.30. The maximum Gasteiger partial charge on any atom is 0.419 e. The lowest BCUT2D eigenvalue weighted by Crippen LogP contribution is -2.35. The number of para-hydroxylation sites is 1. The minimum Gasteiger partial charge on any atom is -0.492 e. The highest BCUT2D eigenvalue weighted by atomic mass is 19.4. The molecular formula is C11H11F6NO. The zero-order chi connectivity index (χ0) is 14.7. The van der Waals surface area contributed by atoms with Crippen LogP contribution in [0, 0.1) is 5.92 Å². The van der Waals surface area contributed by atoms with Crippen molar-refractivity contribution in [1.29, 1.82) is 0 Å². The first-order valence-corrected chi connectivity index (χ1v) is 5.22. The summed E-state index contributed by atoms with van der Waals surface area (Å²) in [5, 5.41) is 0. The van der Waals surface area contributed by atoms with E-state index in [1.807, 2.05) is 0 Å². The van der Waals surface area contributed by atoms with Crippen LogP contribution < -0.4 is 10.5 Å². The lowest BCUT2D eigenvalue weighted by atomic mass is 10.1. The third kappa shape index (κ3) is 4.30. The quantitative estimate of drug-likeness (QED) is 0.863. The first-order chi connectivity index (χ1) is 8.66. The van der Waals surface area contributed by atoms with Crippen molar-refractivity contribution in [3.8, 4) is 5.75 Å². The van der Waals surface area contributed by atoms with E-state index < -0.39 is 42.7 Å². The topological polar surface area (TPSA) is 35.2 Å². The molecule has 1 aromatic rings. The molecule has 0 aliphatic rings. The van der Waals surface area contributed by atoms with E-state index in [0.29, 0.717) is 0 Å². The van der Waals surface area contributed by atoms with Gasteiger partial charge in [-0.25, -0.2) is 0 Å². The van der Waals surface area contributed by atoms with E-state index in [1.165, 1.54) is 6.07 Å². The summed E-state index contributed by atoms with van der Waals surface area (Å²) in [6, 6.07) is 4.07. The Balaban J connectivity index is 2.84. The molecule has 0 aliphatic carbocycles. The van der Waals surface area contributed by atoms with Crippen molar-refractivity contribution in [1.82, 2.24) is 0 Å². The fourth-order valence-electron chi connectivity index (χ4n) is 1.31. The maximum absolute atomic E-state index is 12.6. The molecule has 19 heavy (non-hydrogen) atoms. The Labute approximate surface area is 105 Å². The third-order valence-electron chi connectivity index (χ3n) is 2.38. The number of benzene rings is 1. The van der Waals surface area contributed by atoms with E-state index in [-0.39, 0.29) is 0 Å². The maximum atomic E-state index is 12.6. The van der Waals surface area contributed by atoms with Crippen molar-refractivity contribution < 1.29 is 31.1 Å². The Bertz CT molecular complexity index is 414. The zero-order valence-corrected chi connectivity index (χ0v) is 9.55. The second kappa shape index (κ2) is 5.68. The molecule has 0 heterocycles. The Morgan fingerprint density at radius 1 is 1.05 bits per heavy atom. The predicted octanol–water partition coefficient (Wildman–Crippen LogP) is 3.22. The van der Waals surface area contributed by atoms with Crippen molar-refractivity contribution in [2.45, 2.75) is 12.4 Å².